The zero-order valence-electron chi connectivity index (χ0n) is 8.85. The predicted octanol–water partition coefficient (Wildman–Crippen LogP) is 1.62. The Bertz CT molecular complexity index is 429. The summed E-state index contributed by atoms with van der Waals surface area (Å²) in [7, 11) is 0. The molecule has 2 amide bonds. The molecule has 0 N–H and O–H groups in total. The number of aromatic nitrogens is 1. The van der Waals surface area contributed by atoms with E-state index in [9.17, 15) is 9.59 Å². The molecule has 0 atom stereocenters. The Labute approximate surface area is 93.3 Å². The van der Waals surface area contributed by atoms with Crippen LogP contribution < -0.4 is 0 Å². The number of amides is 2. The lowest BCUT2D eigenvalue weighted by Gasteiger charge is -2.21. The fraction of sp³-hybridized carbons (Fsp3) is 0.417. The number of imide groups is 1. The van der Waals surface area contributed by atoms with Gasteiger partial charge >= 0.3 is 0 Å². The van der Waals surface area contributed by atoms with Gasteiger partial charge in [-0.15, -0.1) is 0 Å². The summed E-state index contributed by atoms with van der Waals surface area (Å²) >= 11 is 0. The summed E-state index contributed by atoms with van der Waals surface area (Å²) in [5, 5.41) is 0. The topological polar surface area (TPSA) is 50.3 Å². The average Bonchev–Trinajstić information content (AvgIpc) is 2.89. The van der Waals surface area contributed by atoms with Crippen molar-refractivity contribution in [3.05, 3.63) is 29.6 Å². The van der Waals surface area contributed by atoms with Crippen LogP contribution in [0.4, 0.5) is 0 Å². The molecule has 2 heterocycles. The van der Waals surface area contributed by atoms with E-state index in [1.165, 1.54) is 11.1 Å². The van der Waals surface area contributed by atoms with Gasteiger partial charge in [0, 0.05) is 18.4 Å². The third-order valence-electron chi connectivity index (χ3n) is 3.41. The van der Waals surface area contributed by atoms with Crippen LogP contribution in [-0.2, 0) is 0 Å². The highest BCUT2D eigenvalue weighted by Gasteiger charge is 2.40. The third-order valence-corrected chi connectivity index (χ3v) is 3.41. The molecule has 1 fully saturated rings. The van der Waals surface area contributed by atoms with Gasteiger partial charge in [-0.3, -0.25) is 19.5 Å². The van der Waals surface area contributed by atoms with Gasteiger partial charge in [-0.2, -0.15) is 0 Å². The smallest absolute Gasteiger partial charge is 0.263 e. The number of hydrogen-bond donors (Lipinski definition) is 0. The highest BCUT2D eigenvalue weighted by atomic mass is 16.2. The van der Waals surface area contributed by atoms with Gasteiger partial charge < -0.3 is 0 Å². The molecule has 4 nitrogen and oxygen atoms in total. The molecule has 0 radical (unpaired) electrons. The number of rotatable bonds is 1. The van der Waals surface area contributed by atoms with E-state index in [4.69, 9.17) is 0 Å². The van der Waals surface area contributed by atoms with Gasteiger partial charge in [-0.25, -0.2) is 0 Å². The summed E-state index contributed by atoms with van der Waals surface area (Å²) in [6.45, 7) is 0. The number of fused-ring (bicyclic) bond motifs is 1. The van der Waals surface area contributed by atoms with Gasteiger partial charge in [0.1, 0.15) is 0 Å². The van der Waals surface area contributed by atoms with Crippen molar-refractivity contribution in [2.24, 2.45) is 0 Å². The molecule has 1 saturated carbocycles. The zero-order valence-corrected chi connectivity index (χ0v) is 8.85. The number of pyridine rings is 1. The van der Waals surface area contributed by atoms with Gasteiger partial charge in [-0.1, -0.05) is 12.8 Å². The summed E-state index contributed by atoms with van der Waals surface area (Å²) < 4.78 is 0. The van der Waals surface area contributed by atoms with Crippen LogP contribution in [0.3, 0.4) is 0 Å². The van der Waals surface area contributed by atoms with Crippen molar-refractivity contribution < 1.29 is 9.59 Å². The summed E-state index contributed by atoms with van der Waals surface area (Å²) in [6.07, 6.45) is 7.15. The van der Waals surface area contributed by atoms with Crippen molar-refractivity contribution >= 4 is 11.8 Å². The molecule has 0 aromatic carbocycles. The maximum absolute atomic E-state index is 12.1. The molecular weight excluding hydrogens is 204 g/mol. The molecule has 0 bridgehead atoms. The molecule has 16 heavy (non-hydrogen) atoms. The largest absolute Gasteiger partial charge is 0.271 e. The van der Waals surface area contributed by atoms with Crippen LogP contribution in [0.15, 0.2) is 18.5 Å². The molecule has 0 unspecified atom stereocenters. The molecule has 0 spiro atoms. The van der Waals surface area contributed by atoms with Crippen LogP contribution in [-0.4, -0.2) is 27.7 Å². The Morgan fingerprint density at radius 3 is 2.50 bits per heavy atom. The minimum absolute atomic E-state index is 0.104. The van der Waals surface area contributed by atoms with E-state index in [2.05, 4.69) is 4.98 Å². The van der Waals surface area contributed by atoms with Gasteiger partial charge in [0.05, 0.1) is 11.1 Å². The van der Waals surface area contributed by atoms with Crippen LogP contribution in [0.5, 0.6) is 0 Å². The van der Waals surface area contributed by atoms with E-state index < -0.39 is 0 Å². The second kappa shape index (κ2) is 3.40. The molecule has 4 heteroatoms. The first-order chi connectivity index (χ1) is 7.79. The number of carbonyl (C=O) groups is 2. The van der Waals surface area contributed by atoms with Crippen molar-refractivity contribution in [2.45, 2.75) is 31.7 Å². The van der Waals surface area contributed by atoms with E-state index in [1.807, 2.05) is 0 Å². The molecule has 1 aromatic rings. The van der Waals surface area contributed by atoms with E-state index in [0.717, 1.165) is 25.7 Å². The summed E-state index contributed by atoms with van der Waals surface area (Å²) in [4.78, 5) is 29.5. The fourth-order valence-corrected chi connectivity index (χ4v) is 2.60. The fourth-order valence-electron chi connectivity index (χ4n) is 2.60. The molecule has 0 saturated heterocycles. The minimum atomic E-state index is -0.167. The van der Waals surface area contributed by atoms with E-state index in [1.54, 1.807) is 12.3 Å². The Balaban J connectivity index is 2.00. The van der Waals surface area contributed by atoms with Crippen molar-refractivity contribution in [3.8, 4) is 0 Å². The maximum atomic E-state index is 12.1. The third kappa shape index (κ3) is 1.19. The Morgan fingerprint density at radius 2 is 1.81 bits per heavy atom. The molecule has 3 rings (SSSR count). The molecule has 82 valence electrons. The minimum Gasteiger partial charge on any atom is -0.271 e. The second-order valence-electron chi connectivity index (χ2n) is 4.34. The molecule has 1 aliphatic heterocycles. The normalized spacial score (nSPS) is 20.6. The van der Waals surface area contributed by atoms with E-state index in [-0.39, 0.29) is 17.9 Å². The Hall–Kier alpha value is -1.71. The monoisotopic (exact) mass is 216 g/mol. The van der Waals surface area contributed by atoms with Crippen molar-refractivity contribution in [1.82, 2.24) is 9.88 Å². The first-order valence-electron chi connectivity index (χ1n) is 5.61. The van der Waals surface area contributed by atoms with Crippen LogP contribution in [0.1, 0.15) is 46.4 Å². The van der Waals surface area contributed by atoms with Crippen molar-refractivity contribution in [1.29, 1.82) is 0 Å². The number of hydrogen-bond acceptors (Lipinski definition) is 3. The summed E-state index contributed by atoms with van der Waals surface area (Å²) in [5.74, 6) is -0.311. The summed E-state index contributed by atoms with van der Waals surface area (Å²) in [6, 6.07) is 1.73. The van der Waals surface area contributed by atoms with Crippen LogP contribution in [0.2, 0.25) is 0 Å². The number of carbonyl (C=O) groups excluding carboxylic acids is 2. The van der Waals surface area contributed by atoms with E-state index in [0.29, 0.717) is 11.1 Å². The van der Waals surface area contributed by atoms with Crippen LogP contribution in [0.25, 0.3) is 0 Å². The van der Waals surface area contributed by atoms with Crippen molar-refractivity contribution in [3.63, 3.8) is 0 Å². The zero-order chi connectivity index (χ0) is 11.1. The quantitative estimate of drug-likeness (QED) is 0.670. The lowest BCUT2D eigenvalue weighted by atomic mass is 10.2. The highest BCUT2D eigenvalue weighted by Crippen LogP contribution is 2.30. The maximum Gasteiger partial charge on any atom is 0.263 e. The lowest BCUT2D eigenvalue weighted by Crippen LogP contribution is -2.38. The van der Waals surface area contributed by atoms with Gasteiger partial charge in [0.2, 0.25) is 0 Å². The standard InChI is InChI=1S/C12H12N2O2/c15-11-9-5-6-13-7-10(9)12(16)14(11)8-3-1-2-4-8/h5-8H,1-4H2. The number of nitrogens with zero attached hydrogens (tertiary/aromatic N) is 2. The predicted molar refractivity (Wildman–Crippen MR) is 57.0 cm³/mol. The molecule has 1 aromatic heterocycles. The first kappa shape index (κ1) is 9.51. The molecular formula is C12H12N2O2. The van der Waals surface area contributed by atoms with Crippen LogP contribution >= 0.6 is 0 Å². The Morgan fingerprint density at radius 1 is 1.12 bits per heavy atom. The Kier molecular flexibility index (Phi) is 2.02. The second-order valence-corrected chi connectivity index (χ2v) is 4.34. The van der Waals surface area contributed by atoms with Gasteiger partial charge in [0.25, 0.3) is 11.8 Å². The van der Waals surface area contributed by atoms with Gasteiger partial charge in [0.15, 0.2) is 0 Å². The average molecular weight is 216 g/mol. The van der Waals surface area contributed by atoms with Gasteiger partial charge in [-0.05, 0) is 18.9 Å². The molecule has 2 aliphatic rings. The lowest BCUT2D eigenvalue weighted by molar-refractivity contribution is 0.0588. The van der Waals surface area contributed by atoms with E-state index >= 15 is 0 Å². The van der Waals surface area contributed by atoms with Crippen LogP contribution in [0, 0.1) is 0 Å². The molecule has 1 aliphatic carbocycles. The first-order valence-corrected chi connectivity index (χ1v) is 5.61. The SMILES string of the molecule is O=C1c2ccncc2C(=O)N1C1CCCC1. The summed E-state index contributed by atoms with van der Waals surface area (Å²) in [5.41, 5.74) is 0.964. The highest BCUT2D eigenvalue weighted by molar-refractivity contribution is 6.21. The van der Waals surface area contributed by atoms with Crippen molar-refractivity contribution in [2.75, 3.05) is 0 Å².